The van der Waals surface area contributed by atoms with E-state index in [4.69, 9.17) is 23.2 Å². The third-order valence-corrected chi connectivity index (χ3v) is 8.53. The van der Waals surface area contributed by atoms with E-state index in [1.165, 1.54) is 4.31 Å². The van der Waals surface area contributed by atoms with E-state index in [2.05, 4.69) is 5.32 Å². The second-order valence-corrected chi connectivity index (χ2v) is 13.6. The van der Waals surface area contributed by atoms with E-state index in [1.807, 2.05) is 57.2 Å². The quantitative estimate of drug-likeness (QED) is 0.227. The number of anilines is 1. The van der Waals surface area contributed by atoms with Gasteiger partial charge in [-0.25, -0.2) is 8.42 Å². The van der Waals surface area contributed by atoms with E-state index in [9.17, 15) is 18.0 Å². The zero-order chi connectivity index (χ0) is 30.9. The van der Waals surface area contributed by atoms with Gasteiger partial charge in [0.2, 0.25) is 21.8 Å². The molecule has 0 saturated heterocycles. The fraction of sp³-hybridized carbons (Fsp3) is 0.375. The van der Waals surface area contributed by atoms with E-state index < -0.39 is 16.1 Å². The minimum absolute atomic E-state index is 0.0335. The number of sulfonamides is 1. The molecule has 0 saturated carbocycles. The lowest BCUT2D eigenvalue weighted by Gasteiger charge is -2.32. The Morgan fingerprint density at radius 3 is 2.29 bits per heavy atom. The van der Waals surface area contributed by atoms with Crippen LogP contribution in [0.5, 0.6) is 0 Å². The summed E-state index contributed by atoms with van der Waals surface area (Å²) in [5.74, 6) is -0.312. The molecular weight excluding hydrogens is 593 g/mol. The average Bonchev–Trinajstić information content (AvgIpc) is 2.92. The molecule has 0 spiro atoms. The van der Waals surface area contributed by atoms with Crippen molar-refractivity contribution < 1.29 is 18.0 Å². The lowest BCUT2D eigenvalue weighted by molar-refractivity contribution is -0.141. The van der Waals surface area contributed by atoms with Gasteiger partial charge in [0, 0.05) is 42.5 Å². The average molecular weight is 633 g/mol. The molecule has 42 heavy (non-hydrogen) atoms. The predicted molar refractivity (Wildman–Crippen MR) is 171 cm³/mol. The van der Waals surface area contributed by atoms with Crippen LogP contribution in [-0.2, 0) is 32.6 Å². The first kappa shape index (κ1) is 33.4. The maximum absolute atomic E-state index is 13.9. The summed E-state index contributed by atoms with van der Waals surface area (Å²) in [5.41, 5.74) is 3.04. The van der Waals surface area contributed by atoms with E-state index >= 15 is 0 Å². The summed E-state index contributed by atoms with van der Waals surface area (Å²) >= 11 is 12.6. The molecule has 0 aliphatic heterocycles. The molecule has 226 valence electrons. The maximum Gasteiger partial charge on any atom is 0.243 e. The van der Waals surface area contributed by atoms with Crippen LogP contribution in [0.4, 0.5) is 5.69 Å². The Bertz CT molecular complexity index is 1470. The van der Waals surface area contributed by atoms with E-state index in [1.54, 1.807) is 41.3 Å². The largest absolute Gasteiger partial charge is 0.354 e. The molecule has 0 aliphatic rings. The zero-order valence-electron chi connectivity index (χ0n) is 24.5. The Balaban J connectivity index is 1.91. The Kier molecular flexibility index (Phi) is 12.3. The molecule has 3 aromatic rings. The van der Waals surface area contributed by atoms with Crippen LogP contribution in [0, 0.1) is 12.8 Å². The number of hydrogen-bond acceptors (Lipinski definition) is 4. The molecule has 10 heteroatoms. The molecule has 0 aliphatic carbocycles. The molecule has 2 amide bonds. The van der Waals surface area contributed by atoms with Gasteiger partial charge in [0.1, 0.15) is 6.04 Å². The van der Waals surface area contributed by atoms with Crippen molar-refractivity contribution in [2.75, 3.05) is 23.7 Å². The minimum Gasteiger partial charge on any atom is -0.354 e. The van der Waals surface area contributed by atoms with Crippen LogP contribution in [0.1, 0.15) is 43.4 Å². The van der Waals surface area contributed by atoms with Crippen LogP contribution in [0.2, 0.25) is 10.0 Å². The van der Waals surface area contributed by atoms with E-state index in [-0.39, 0.29) is 43.7 Å². The van der Waals surface area contributed by atoms with Crippen molar-refractivity contribution in [2.24, 2.45) is 5.92 Å². The molecule has 0 fully saturated rings. The summed E-state index contributed by atoms with van der Waals surface area (Å²) in [4.78, 5) is 29.1. The van der Waals surface area contributed by atoms with Crippen molar-refractivity contribution in [1.29, 1.82) is 0 Å². The number of rotatable bonds is 14. The molecule has 1 N–H and O–H groups in total. The first-order valence-corrected chi connectivity index (χ1v) is 16.5. The van der Waals surface area contributed by atoms with Gasteiger partial charge in [-0.15, -0.1) is 0 Å². The van der Waals surface area contributed by atoms with Gasteiger partial charge in [0.05, 0.1) is 11.9 Å². The van der Waals surface area contributed by atoms with Crippen LogP contribution in [0.15, 0.2) is 72.8 Å². The van der Waals surface area contributed by atoms with E-state index in [0.29, 0.717) is 34.3 Å². The van der Waals surface area contributed by atoms with Gasteiger partial charge in [0.25, 0.3) is 0 Å². The first-order valence-electron chi connectivity index (χ1n) is 13.9. The van der Waals surface area contributed by atoms with Gasteiger partial charge in [-0.1, -0.05) is 85.6 Å². The summed E-state index contributed by atoms with van der Waals surface area (Å²) in [7, 11) is -3.58. The number of benzene rings is 3. The zero-order valence-corrected chi connectivity index (χ0v) is 26.8. The number of hydrogen-bond donors (Lipinski definition) is 1. The van der Waals surface area contributed by atoms with Gasteiger partial charge in [-0.05, 0) is 60.2 Å². The van der Waals surface area contributed by atoms with Gasteiger partial charge in [-0.3, -0.25) is 13.9 Å². The Labute approximate surface area is 259 Å². The predicted octanol–water partition coefficient (Wildman–Crippen LogP) is 6.26. The third kappa shape index (κ3) is 10.0. The van der Waals surface area contributed by atoms with Crippen molar-refractivity contribution in [3.63, 3.8) is 0 Å². The molecule has 7 nitrogen and oxygen atoms in total. The third-order valence-electron chi connectivity index (χ3n) is 6.75. The summed E-state index contributed by atoms with van der Waals surface area (Å²) in [6.07, 6.45) is 1.75. The summed E-state index contributed by atoms with van der Waals surface area (Å²) in [5, 5.41) is 3.85. The van der Waals surface area contributed by atoms with Gasteiger partial charge < -0.3 is 10.2 Å². The molecule has 3 rings (SSSR count). The van der Waals surface area contributed by atoms with Crippen LogP contribution in [0.3, 0.4) is 0 Å². The SMILES string of the molecule is Cc1cccc(N(CCCC(=O)N(Cc2ccc(Cl)cc2Cl)[C@@H](Cc2ccccc2)C(=O)NCC(C)C)S(C)(=O)=O)c1. The molecule has 0 aromatic heterocycles. The van der Waals surface area contributed by atoms with Crippen LogP contribution in [-0.4, -0.2) is 50.5 Å². The molecule has 1 atom stereocenters. The lowest BCUT2D eigenvalue weighted by Crippen LogP contribution is -2.51. The number of nitrogens with one attached hydrogen (secondary N) is 1. The number of nitrogens with zero attached hydrogens (tertiary/aromatic N) is 2. The van der Waals surface area contributed by atoms with E-state index in [0.717, 1.165) is 17.4 Å². The monoisotopic (exact) mass is 631 g/mol. The Morgan fingerprint density at radius 2 is 1.67 bits per heavy atom. The molecule has 3 aromatic carbocycles. The fourth-order valence-electron chi connectivity index (χ4n) is 4.60. The summed E-state index contributed by atoms with van der Waals surface area (Å²) in [6.45, 7) is 6.58. The Morgan fingerprint density at radius 1 is 0.952 bits per heavy atom. The number of halogens is 2. The summed E-state index contributed by atoms with van der Waals surface area (Å²) < 4.78 is 26.6. The van der Waals surface area contributed by atoms with Crippen LogP contribution in [0.25, 0.3) is 0 Å². The molecular formula is C32H39Cl2N3O4S. The van der Waals surface area contributed by atoms with Crippen molar-refractivity contribution in [2.45, 2.75) is 52.6 Å². The number of aryl methyl sites for hydroxylation is 1. The topological polar surface area (TPSA) is 86.8 Å². The standard InChI is InChI=1S/C32H39Cl2N3O4S/c1-23(2)21-35-32(39)30(19-25-11-6-5-7-12-25)36(22-26-15-16-27(33)20-29(26)34)31(38)14-9-17-37(42(4,40)41)28-13-8-10-24(3)18-28/h5-8,10-13,15-16,18,20,23,30H,9,14,17,19,21-22H2,1-4H3,(H,35,39)/t30-/m0/s1. The first-order chi connectivity index (χ1) is 19.8. The van der Waals surface area contributed by atoms with Gasteiger partial charge >= 0.3 is 0 Å². The highest BCUT2D eigenvalue weighted by Gasteiger charge is 2.31. The van der Waals surface area contributed by atoms with Crippen molar-refractivity contribution in [1.82, 2.24) is 10.2 Å². The maximum atomic E-state index is 13.9. The van der Waals surface area contributed by atoms with Crippen LogP contribution < -0.4 is 9.62 Å². The van der Waals surface area contributed by atoms with Crippen LogP contribution >= 0.6 is 23.2 Å². The Hall–Kier alpha value is -3.07. The highest BCUT2D eigenvalue weighted by atomic mass is 35.5. The minimum atomic E-state index is -3.58. The smallest absolute Gasteiger partial charge is 0.243 e. The number of amides is 2. The fourth-order valence-corrected chi connectivity index (χ4v) is 6.02. The molecule has 0 radical (unpaired) electrons. The van der Waals surface area contributed by atoms with Crippen molar-refractivity contribution in [3.8, 4) is 0 Å². The van der Waals surface area contributed by atoms with Crippen molar-refractivity contribution >= 4 is 50.7 Å². The summed E-state index contributed by atoms with van der Waals surface area (Å²) in [6, 6.07) is 21.0. The number of carbonyl (C=O) groups excluding carboxylic acids is 2. The molecule has 0 bridgehead atoms. The number of carbonyl (C=O) groups is 2. The second kappa shape index (κ2) is 15.4. The van der Waals surface area contributed by atoms with Gasteiger partial charge in [0.15, 0.2) is 0 Å². The second-order valence-electron chi connectivity index (χ2n) is 10.9. The lowest BCUT2D eigenvalue weighted by atomic mass is 10.0. The molecule has 0 heterocycles. The molecule has 0 unspecified atom stereocenters. The van der Waals surface area contributed by atoms with Crippen molar-refractivity contribution in [3.05, 3.63) is 99.5 Å². The highest BCUT2D eigenvalue weighted by Crippen LogP contribution is 2.25. The van der Waals surface area contributed by atoms with Gasteiger partial charge in [-0.2, -0.15) is 0 Å². The highest BCUT2D eigenvalue weighted by molar-refractivity contribution is 7.92. The normalized spacial score (nSPS) is 12.2.